The highest BCUT2D eigenvalue weighted by molar-refractivity contribution is 7.86. The summed E-state index contributed by atoms with van der Waals surface area (Å²) >= 11 is 11.3. The van der Waals surface area contributed by atoms with E-state index in [-0.39, 0.29) is 10.0 Å². The first-order chi connectivity index (χ1) is 6.38. The molecule has 0 heterocycles. The third-order valence-corrected chi connectivity index (χ3v) is 3.44. The van der Waals surface area contributed by atoms with Crippen molar-refractivity contribution in [2.75, 3.05) is 0 Å². The molecule has 1 N–H and O–H groups in total. The maximum Gasteiger partial charge on any atom is 0.297 e. The Morgan fingerprint density at radius 1 is 1.36 bits per heavy atom. The van der Waals surface area contributed by atoms with E-state index in [0.717, 1.165) is 0 Å². The molecule has 0 saturated carbocycles. The molecule has 0 aromatic heterocycles. The lowest BCUT2D eigenvalue weighted by atomic mass is 10.2. The summed E-state index contributed by atoms with van der Waals surface area (Å²) in [7, 11) is -4.41. The second kappa shape index (κ2) is 3.90. The third kappa shape index (κ3) is 2.09. The number of hydrogen-bond acceptors (Lipinski definition) is 2. The minimum absolute atomic E-state index is 0.122. The van der Waals surface area contributed by atoms with Crippen molar-refractivity contribution in [2.45, 2.75) is 4.90 Å². The molecule has 0 aliphatic heterocycles. The molecule has 1 aromatic carbocycles. The molecule has 0 aliphatic carbocycles. The van der Waals surface area contributed by atoms with Gasteiger partial charge >= 0.3 is 0 Å². The second-order valence-corrected chi connectivity index (χ2v) is 4.60. The number of benzene rings is 1. The standard InChI is InChI=1S/C8H6Cl2O3S/c1-2-5-3-4-6(9)8(7(5)10)14(11,12)13/h2-4H,1H2,(H,11,12,13). The normalized spacial score (nSPS) is 11.4. The van der Waals surface area contributed by atoms with E-state index in [9.17, 15) is 8.42 Å². The first-order valence-corrected chi connectivity index (χ1v) is 5.65. The van der Waals surface area contributed by atoms with Gasteiger partial charge in [-0.05, 0) is 11.6 Å². The fourth-order valence-corrected chi connectivity index (χ4v) is 2.63. The van der Waals surface area contributed by atoms with Gasteiger partial charge in [0.2, 0.25) is 0 Å². The average molecular weight is 253 g/mol. The van der Waals surface area contributed by atoms with E-state index in [2.05, 4.69) is 6.58 Å². The number of halogens is 2. The molecule has 6 heteroatoms. The lowest BCUT2D eigenvalue weighted by Crippen LogP contribution is -2.01. The molecule has 0 atom stereocenters. The third-order valence-electron chi connectivity index (χ3n) is 1.56. The van der Waals surface area contributed by atoms with Crippen LogP contribution in [0.3, 0.4) is 0 Å². The molecular weight excluding hydrogens is 247 g/mol. The molecule has 0 saturated heterocycles. The van der Waals surface area contributed by atoms with Crippen LogP contribution in [0.15, 0.2) is 23.6 Å². The zero-order valence-corrected chi connectivity index (χ0v) is 9.20. The minimum atomic E-state index is -4.41. The van der Waals surface area contributed by atoms with Crippen LogP contribution >= 0.6 is 23.2 Å². The summed E-state index contributed by atoms with van der Waals surface area (Å²) in [4.78, 5) is -0.488. The molecule has 0 bridgehead atoms. The Balaban J connectivity index is 3.65. The van der Waals surface area contributed by atoms with Crippen LogP contribution in [0.5, 0.6) is 0 Å². The summed E-state index contributed by atoms with van der Waals surface area (Å²) in [6.45, 7) is 3.44. The molecule has 1 rings (SSSR count). The topological polar surface area (TPSA) is 54.4 Å². The van der Waals surface area contributed by atoms with E-state index in [4.69, 9.17) is 27.8 Å². The van der Waals surface area contributed by atoms with Crippen molar-refractivity contribution in [3.05, 3.63) is 34.3 Å². The van der Waals surface area contributed by atoms with Crippen LogP contribution in [-0.4, -0.2) is 13.0 Å². The fourth-order valence-electron chi connectivity index (χ4n) is 0.942. The van der Waals surface area contributed by atoms with Gasteiger partial charge in [-0.2, -0.15) is 8.42 Å². The Morgan fingerprint density at radius 2 is 1.93 bits per heavy atom. The van der Waals surface area contributed by atoms with Crippen molar-refractivity contribution in [1.29, 1.82) is 0 Å². The summed E-state index contributed by atoms with van der Waals surface area (Å²) in [6.07, 6.45) is 1.37. The Morgan fingerprint density at radius 3 is 2.36 bits per heavy atom. The highest BCUT2D eigenvalue weighted by Gasteiger charge is 2.20. The smallest absolute Gasteiger partial charge is 0.282 e. The van der Waals surface area contributed by atoms with Crippen molar-refractivity contribution in [2.24, 2.45) is 0 Å². The predicted octanol–water partition coefficient (Wildman–Crippen LogP) is 2.88. The van der Waals surface area contributed by atoms with Crippen LogP contribution < -0.4 is 0 Å². The Labute approximate surface area is 91.7 Å². The second-order valence-electron chi connectivity index (χ2n) is 2.46. The predicted molar refractivity (Wildman–Crippen MR) is 56.4 cm³/mol. The van der Waals surface area contributed by atoms with Crippen LogP contribution in [0.4, 0.5) is 0 Å². The van der Waals surface area contributed by atoms with E-state index < -0.39 is 15.0 Å². The molecule has 0 unspecified atom stereocenters. The van der Waals surface area contributed by atoms with E-state index in [1.165, 1.54) is 18.2 Å². The van der Waals surface area contributed by atoms with Gasteiger partial charge in [-0.25, -0.2) is 0 Å². The molecule has 1 aromatic rings. The van der Waals surface area contributed by atoms with E-state index in [0.29, 0.717) is 5.56 Å². The average Bonchev–Trinajstić information content (AvgIpc) is 2.02. The quantitative estimate of drug-likeness (QED) is 0.824. The molecule has 0 amide bonds. The summed E-state index contributed by atoms with van der Waals surface area (Å²) in [5.74, 6) is 0. The molecule has 3 nitrogen and oxygen atoms in total. The largest absolute Gasteiger partial charge is 0.297 e. The molecule has 0 radical (unpaired) electrons. The zero-order chi connectivity index (χ0) is 10.9. The van der Waals surface area contributed by atoms with E-state index in [1.54, 1.807) is 0 Å². The van der Waals surface area contributed by atoms with Crippen LogP contribution in [0.25, 0.3) is 6.08 Å². The van der Waals surface area contributed by atoms with E-state index in [1.807, 2.05) is 0 Å². The van der Waals surface area contributed by atoms with Gasteiger partial charge in [0.05, 0.1) is 10.0 Å². The SMILES string of the molecule is C=Cc1ccc(Cl)c(S(=O)(=O)O)c1Cl. The van der Waals surface area contributed by atoms with Gasteiger partial charge in [-0.1, -0.05) is 41.9 Å². The van der Waals surface area contributed by atoms with Gasteiger partial charge in [0.25, 0.3) is 10.1 Å². The summed E-state index contributed by atoms with van der Waals surface area (Å²) in [5.41, 5.74) is 0.392. The molecular formula is C8H6Cl2O3S. The van der Waals surface area contributed by atoms with Crippen LogP contribution in [0, 0.1) is 0 Å². The highest BCUT2D eigenvalue weighted by Crippen LogP contribution is 2.32. The Bertz CT molecular complexity index is 480. The van der Waals surface area contributed by atoms with Crippen LogP contribution in [-0.2, 0) is 10.1 Å². The summed E-state index contributed by atoms with van der Waals surface area (Å²) < 4.78 is 30.6. The van der Waals surface area contributed by atoms with Crippen molar-refractivity contribution in [1.82, 2.24) is 0 Å². The number of rotatable bonds is 2. The monoisotopic (exact) mass is 252 g/mol. The molecule has 76 valence electrons. The maximum atomic E-state index is 10.9. The van der Waals surface area contributed by atoms with Gasteiger partial charge in [0.1, 0.15) is 4.90 Å². The van der Waals surface area contributed by atoms with Gasteiger partial charge in [0, 0.05) is 0 Å². The highest BCUT2D eigenvalue weighted by atomic mass is 35.5. The number of hydrogen-bond donors (Lipinski definition) is 1. The minimum Gasteiger partial charge on any atom is -0.282 e. The van der Waals surface area contributed by atoms with Gasteiger partial charge in [-0.15, -0.1) is 0 Å². The lowest BCUT2D eigenvalue weighted by molar-refractivity contribution is 0.483. The van der Waals surface area contributed by atoms with Gasteiger partial charge in [0.15, 0.2) is 0 Å². The molecule has 14 heavy (non-hydrogen) atoms. The van der Waals surface area contributed by atoms with Crippen LogP contribution in [0.1, 0.15) is 5.56 Å². The van der Waals surface area contributed by atoms with Gasteiger partial charge < -0.3 is 0 Å². The first kappa shape index (κ1) is 11.5. The van der Waals surface area contributed by atoms with Gasteiger partial charge in [-0.3, -0.25) is 4.55 Å². The lowest BCUT2D eigenvalue weighted by Gasteiger charge is -2.05. The zero-order valence-electron chi connectivity index (χ0n) is 6.87. The molecule has 0 fully saturated rings. The van der Waals surface area contributed by atoms with E-state index >= 15 is 0 Å². The summed E-state index contributed by atoms with van der Waals surface area (Å²) in [5, 5.41) is -0.252. The first-order valence-electron chi connectivity index (χ1n) is 3.46. The van der Waals surface area contributed by atoms with Crippen molar-refractivity contribution in [3.8, 4) is 0 Å². The maximum absolute atomic E-state index is 10.9. The van der Waals surface area contributed by atoms with Crippen molar-refractivity contribution < 1.29 is 13.0 Å². The molecule has 0 aliphatic rings. The van der Waals surface area contributed by atoms with Crippen LogP contribution in [0.2, 0.25) is 10.0 Å². The Hall–Kier alpha value is -0.550. The Kier molecular flexibility index (Phi) is 3.21. The van der Waals surface area contributed by atoms with Crippen molar-refractivity contribution in [3.63, 3.8) is 0 Å². The fraction of sp³-hybridized carbons (Fsp3) is 0. The molecule has 0 spiro atoms. The summed E-state index contributed by atoms with van der Waals surface area (Å²) in [6, 6.07) is 2.83. The van der Waals surface area contributed by atoms with Crippen molar-refractivity contribution >= 4 is 39.4 Å².